The molecule has 134 valence electrons. The maximum Gasteiger partial charge on any atom is 0.326 e. The SMILES string of the molecule is CCOC(=O)[C@]1(C)N[C@@H](c2ccccc2F)[C@@H]2C(=O)N(CC)C(=O)[C@H]21. The number of hydrogen-bond acceptors (Lipinski definition) is 5. The van der Waals surface area contributed by atoms with Crippen LogP contribution in [0.25, 0.3) is 0 Å². The Kier molecular flexibility index (Phi) is 4.36. The van der Waals surface area contributed by atoms with Gasteiger partial charge in [0.05, 0.1) is 18.4 Å². The first-order valence-electron chi connectivity index (χ1n) is 8.41. The van der Waals surface area contributed by atoms with Crippen molar-refractivity contribution in [2.24, 2.45) is 11.8 Å². The summed E-state index contributed by atoms with van der Waals surface area (Å²) in [6.45, 7) is 5.28. The Balaban J connectivity index is 2.11. The van der Waals surface area contributed by atoms with Gasteiger partial charge in [-0.2, -0.15) is 0 Å². The molecule has 2 fully saturated rings. The molecule has 1 aromatic rings. The molecule has 0 bridgehead atoms. The standard InChI is InChI=1S/C18H21FN2O4/c1-4-21-15(22)12-13(16(21)23)18(3,17(24)25-5-2)20-14(12)10-8-6-7-9-11(10)19/h6-9,12-14,20H,4-5H2,1-3H3/t12-,13+,14+,18-/m1/s1. The highest BCUT2D eigenvalue weighted by Crippen LogP contribution is 2.49. The van der Waals surface area contributed by atoms with E-state index in [1.165, 1.54) is 6.07 Å². The number of benzene rings is 1. The van der Waals surface area contributed by atoms with E-state index in [0.717, 1.165) is 4.90 Å². The van der Waals surface area contributed by atoms with Gasteiger partial charge in [-0.15, -0.1) is 0 Å². The number of hydrogen-bond donors (Lipinski definition) is 1. The predicted molar refractivity (Wildman–Crippen MR) is 86.7 cm³/mol. The van der Waals surface area contributed by atoms with Gasteiger partial charge in [0.15, 0.2) is 0 Å². The summed E-state index contributed by atoms with van der Waals surface area (Å²) in [7, 11) is 0. The molecule has 0 unspecified atom stereocenters. The zero-order valence-electron chi connectivity index (χ0n) is 14.4. The number of rotatable bonds is 4. The Morgan fingerprint density at radius 3 is 2.56 bits per heavy atom. The van der Waals surface area contributed by atoms with Gasteiger partial charge in [0, 0.05) is 18.2 Å². The Morgan fingerprint density at radius 2 is 1.96 bits per heavy atom. The number of nitrogens with one attached hydrogen (secondary N) is 1. The lowest BCUT2D eigenvalue weighted by Gasteiger charge is -2.28. The first kappa shape index (κ1) is 17.5. The molecule has 2 amide bonds. The van der Waals surface area contributed by atoms with Gasteiger partial charge in [-0.25, -0.2) is 4.39 Å². The lowest BCUT2D eigenvalue weighted by molar-refractivity contribution is -0.155. The monoisotopic (exact) mass is 348 g/mol. The van der Waals surface area contributed by atoms with Gasteiger partial charge in [-0.3, -0.25) is 24.6 Å². The van der Waals surface area contributed by atoms with Crippen molar-refractivity contribution >= 4 is 17.8 Å². The van der Waals surface area contributed by atoms with Gasteiger partial charge in [0.2, 0.25) is 11.8 Å². The van der Waals surface area contributed by atoms with Crippen LogP contribution < -0.4 is 5.32 Å². The minimum Gasteiger partial charge on any atom is -0.465 e. The van der Waals surface area contributed by atoms with Crippen molar-refractivity contribution in [3.63, 3.8) is 0 Å². The molecule has 0 radical (unpaired) electrons. The van der Waals surface area contributed by atoms with Gasteiger partial charge < -0.3 is 4.74 Å². The van der Waals surface area contributed by atoms with Gasteiger partial charge in [0.25, 0.3) is 0 Å². The molecule has 1 aromatic carbocycles. The molecule has 2 aliphatic rings. The van der Waals surface area contributed by atoms with Crippen molar-refractivity contribution in [2.75, 3.05) is 13.2 Å². The second-order valence-electron chi connectivity index (χ2n) is 6.49. The number of fused-ring (bicyclic) bond motifs is 1. The number of esters is 1. The van der Waals surface area contributed by atoms with E-state index in [1.807, 2.05) is 0 Å². The molecule has 0 aliphatic carbocycles. The van der Waals surface area contributed by atoms with Gasteiger partial charge in [-0.1, -0.05) is 18.2 Å². The third-order valence-corrected chi connectivity index (χ3v) is 5.13. The molecule has 2 saturated heterocycles. The highest BCUT2D eigenvalue weighted by molar-refractivity contribution is 6.09. The van der Waals surface area contributed by atoms with Crippen LogP contribution in [0.5, 0.6) is 0 Å². The normalized spacial score (nSPS) is 31.4. The first-order chi connectivity index (χ1) is 11.9. The minimum absolute atomic E-state index is 0.150. The third kappa shape index (κ3) is 2.45. The van der Waals surface area contributed by atoms with E-state index in [1.54, 1.807) is 39.0 Å². The van der Waals surface area contributed by atoms with E-state index < -0.39 is 41.1 Å². The van der Waals surface area contributed by atoms with Crippen LogP contribution >= 0.6 is 0 Å². The van der Waals surface area contributed by atoms with Gasteiger partial charge >= 0.3 is 5.97 Å². The average Bonchev–Trinajstić information content (AvgIpc) is 3.03. The van der Waals surface area contributed by atoms with Crippen molar-refractivity contribution < 1.29 is 23.5 Å². The topological polar surface area (TPSA) is 75.7 Å². The molecule has 2 aliphatic heterocycles. The number of ether oxygens (including phenoxy) is 1. The quantitative estimate of drug-likeness (QED) is 0.658. The fourth-order valence-electron chi connectivity index (χ4n) is 3.97. The van der Waals surface area contributed by atoms with E-state index in [2.05, 4.69) is 5.32 Å². The molecule has 4 atom stereocenters. The summed E-state index contributed by atoms with van der Waals surface area (Å²) in [4.78, 5) is 39.3. The number of likely N-dealkylation sites (tertiary alicyclic amines) is 1. The van der Waals surface area contributed by atoms with Crippen LogP contribution in [0.1, 0.15) is 32.4 Å². The Morgan fingerprint density at radius 1 is 1.28 bits per heavy atom. The fraction of sp³-hybridized carbons (Fsp3) is 0.500. The van der Waals surface area contributed by atoms with E-state index >= 15 is 0 Å². The zero-order valence-corrected chi connectivity index (χ0v) is 14.4. The average molecular weight is 348 g/mol. The number of imide groups is 1. The fourth-order valence-corrected chi connectivity index (χ4v) is 3.97. The van der Waals surface area contributed by atoms with Crippen LogP contribution in [0, 0.1) is 17.7 Å². The second kappa shape index (κ2) is 6.22. The summed E-state index contributed by atoms with van der Waals surface area (Å²) >= 11 is 0. The van der Waals surface area contributed by atoms with Crippen molar-refractivity contribution in [2.45, 2.75) is 32.4 Å². The van der Waals surface area contributed by atoms with Gasteiger partial charge in [-0.05, 0) is 26.8 Å². The van der Waals surface area contributed by atoms with E-state index in [0.29, 0.717) is 0 Å². The molecule has 0 saturated carbocycles. The highest BCUT2D eigenvalue weighted by atomic mass is 19.1. The third-order valence-electron chi connectivity index (χ3n) is 5.13. The lowest BCUT2D eigenvalue weighted by atomic mass is 9.80. The molecule has 6 nitrogen and oxygen atoms in total. The van der Waals surface area contributed by atoms with E-state index in [9.17, 15) is 18.8 Å². The van der Waals surface area contributed by atoms with Crippen molar-refractivity contribution in [3.8, 4) is 0 Å². The molecule has 1 N–H and O–H groups in total. The minimum atomic E-state index is -1.38. The molecule has 7 heteroatoms. The Labute approximate surface area is 145 Å². The molecule has 0 aromatic heterocycles. The number of carbonyl (C=O) groups is 3. The summed E-state index contributed by atoms with van der Waals surface area (Å²) in [6.07, 6.45) is 0. The van der Waals surface area contributed by atoms with Crippen LogP contribution in [0.2, 0.25) is 0 Å². The maximum atomic E-state index is 14.3. The lowest BCUT2D eigenvalue weighted by Crippen LogP contribution is -2.54. The molecule has 2 heterocycles. The smallest absolute Gasteiger partial charge is 0.326 e. The molecular formula is C18H21FN2O4. The van der Waals surface area contributed by atoms with Crippen LogP contribution in [-0.4, -0.2) is 41.4 Å². The highest BCUT2D eigenvalue weighted by Gasteiger charge is 2.66. The summed E-state index contributed by atoms with van der Waals surface area (Å²) in [5.41, 5.74) is -1.12. The van der Waals surface area contributed by atoms with Crippen LogP contribution in [-0.2, 0) is 19.1 Å². The van der Waals surface area contributed by atoms with E-state index in [4.69, 9.17) is 4.74 Å². The number of nitrogens with zero attached hydrogens (tertiary/aromatic N) is 1. The summed E-state index contributed by atoms with van der Waals surface area (Å²) < 4.78 is 19.5. The Hall–Kier alpha value is -2.28. The largest absolute Gasteiger partial charge is 0.465 e. The number of carbonyl (C=O) groups excluding carboxylic acids is 3. The zero-order chi connectivity index (χ0) is 18.4. The summed E-state index contributed by atoms with van der Waals surface area (Å²) in [5.74, 6) is -3.64. The molecule has 25 heavy (non-hydrogen) atoms. The Bertz CT molecular complexity index is 738. The molecular weight excluding hydrogens is 327 g/mol. The van der Waals surface area contributed by atoms with Crippen LogP contribution in [0.4, 0.5) is 4.39 Å². The van der Waals surface area contributed by atoms with Crippen LogP contribution in [0.3, 0.4) is 0 Å². The van der Waals surface area contributed by atoms with Crippen molar-refractivity contribution in [3.05, 3.63) is 35.6 Å². The summed E-state index contributed by atoms with van der Waals surface area (Å²) in [6, 6.07) is 5.30. The summed E-state index contributed by atoms with van der Waals surface area (Å²) in [5, 5.41) is 3.03. The first-order valence-corrected chi connectivity index (χ1v) is 8.41. The number of amides is 2. The van der Waals surface area contributed by atoms with Crippen molar-refractivity contribution in [1.82, 2.24) is 10.2 Å². The van der Waals surface area contributed by atoms with Crippen LogP contribution in [0.15, 0.2) is 24.3 Å². The van der Waals surface area contributed by atoms with Gasteiger partial charge in [0.1, 0.15) is 11.4 Å². The van der Waals surface area contributed by atoms with E-state index in [-0.39, 0.29) is 24.6 Å². The number of halogens is 1. The molecule has 0 spiro atoms. The van der Waals surface area contributed by atoms with Crippen molar-refractivity contribution in [1.29, 1.82) is 0 Å². The second-order valence-corrected chi connectivity index (χ2v) is 6.49. The molecule has 3 rings (SSSR count). The predicted octanol–water partition coefficient (Wildman–Crippen LogP) is 1.41. The maximum absolute atomic E-state index is 14.3.